The van der Waals surface area contributed by atoms with Crippen molar-refractivity contribution in [2.75, 3.05) is 6.61 Å². The van der Waals surface area contributed by atoms with Gasteiger partial charge < -0.3 is 10.5 Å². The lowest BCUT2D eigenvalue weighted by atomic mass is 10.3. The number of hydrogen-bond donors (Lipinski definition) is 2. The maximum atomic E-state index is 11.6. The molecule has 1 aromatic rings. The summed E-state index contributed by atoms with van der Waals surface area (Å²) in [4.78, 5) is 26.5. The van der Waals surface area contributed by atoms with Crippen LogP contribution in [-0.2, 0) is 14.4 Å². The third-order valence-corrected chi connectivity index (χ3v) is 2.81. The van der Waals surface area contributed by atoms with Crippen LogP contribution in [0.1, 0.15) is 6.92 Å². The van der Waals surface area contributed by atoms with Gasteiger partial charge in [0.05, 0.1) is 4.47 Å². The first kappa shape index (κ1) is 15.7. The van der Waals surface area contributed by atoms with Gasteiger partial charge in [-0.25, -0.2) is 5.48 Å². The van der Waals surface area contributed by atoms with Crippen molar-refractivity contribution in [2.24, 2.45) is 5.73 Å². The van der Waals surface area contributed by atoms with Gasteiger partial charge in [-0.1, -0.05) is 11.6 Å². The van der Waals surface area contributed by atoms with Gasteiger partial charge in [0.1, 0.15) is 5.75 Å². The van der Waals surface area contributed by atoms with E-state index >= 15 is 0 Å². The summed E-state index contributed by atoms with van der Waals surface area (Å²) in [5.41, 5.74) is 6.91. The average molecular weight is 352 g/mol. The van der Waals surface area contributed by atoms with E-state index in [0.717, 1.165) is 0 Å². The van der Waals surface area contributed by atoms with Crippen molar-refractivity contribution in [2.45, 2.75) is 13.0 Å². The monoisotopic (exact) mass is 350 g/mol. The molecule has 104 valence electrons. The number of halogens is 2. The number of hydroxylamine groups is 1. The molecule has 1 rings (SSSR count). The van der Waals surface area contributed by atoms with E-state index in [1.54, 1.807) is 18.2 Å². The summed E-state index contributed by atoms with van der Waals surface area (Å²) >= 11 is 9.05. The quantitative estimate of drug-likeness (QED) is 0.758. The molecule has 0 radical (unpaired) electrons. The standard InChI is InChI=1S/C11H12BrClN2O4/c1-6(11(17)15-18-5-10(14)16)19-9-3-2-7(13)4-8(9)12/h2-4,6H,5H2,1H3,(H2,14,16)(H,15,17). The number of amides is 2. The van der Waals surface area contributed by atoms with Crippen LogP contribution >= 0.6 is 27.5 Å². The summed E-state index contributed by atoms with van der Waals surface area (Å²) in [5.74, 6) is -0.764. The van der Waals surface area contributed by atoms with Gasteiger partial charge in [-0.05, 0) is 41.1 Å². The van der Waals surface area contributed by atoms with Crippen molar-refractivity contribution >= 4 is 39.3 Å². The third kappa shape index (κ3) is 5.46. The minimum absolute atomic E-state index is 0.400. The summed E-state index contributed by atoms with van der Waals surface area (Å²) in [7, 11) is 0. The Labute approximate surface area is 123 Å². The number of nitrogens with one attached hydrogen (secondary N) is 1. The summed E-state index contributed by atoms with van der Waals surface area (Å²) in [5, 5.41) is 0.543. The fraction of sp³-hybridized carbons (Fsp3) is 0.273. The predicted octanol–water partition coefficient (Wildman–Crippen LogP) is 1.40. The van der Waals surface area contributed by atoms with Crippen LogP contribution in [0.25, 0.3) is 0 Å². The lowest BCUT2D eigenvalue weighted by Crippen LogP contribution is -2.38. The normalized spacial score (nSPS) is 11.7. The molecule has 1 aromatic carbocycles. The summed E-state index contributed by atoms with van der Waals surface area (Å²) in [6.07, 6.45) is -0.814. The second kappa shape index (κ2) is 7.32. The van der Waals surface area contributed by atoms with Crippen LogP contribution < -0.4 is 16.0 Å². The molecule has 0 aliphatic carbocycles. The smallest absolute Gasteiger partial charge is 0.284 e. The molecule has 3 N–H and O–H groups in total. The number of carbonyl (C=O) groups excluding carboxylic acids is 2. The Morgan fingerprint density at radius 3 is 2.79 bits per heavy atom. The number of ether oxygens (including phenoxy) is 1. The summed E-state index contributed by atoms with van der Waals surface area (Å²) in [6.45, 7) is 1.13. The van der Waals surface area contributed by atoms with Gasteiger partial charge in [-0.2, -0.15) is 0 Å². The Kier molecular flexibility index (Phi) is 6.07. The fourth-order valence-electron chi connectivity index (χ4n) is 1.08. The Morgan fingerprint density at radius 2 is 2.21 bits per heavy atom. The van der Waals surface area contributed by atoms with Gasteiger partial charge >= 0.3 is 0 Å². The third-order valence-electron chi connectivity index (χ3n) is 1.95. The number of nitrogens with two attached hydrogens (primary N) is 1. The molecule has 1 atom stereocenters. The molecule has 0 spiro atoms. The highest BCUT2D eigenvalue weighted by Gasteiger charge is 2.16. The van der Waals surface area contributed by atoms with E-state index in [-0.39, 0.29) is 0 Å². The van der Waals surface area contributed by atoms with Crippen LogP contribution in [0.5, 0.6) is 5.75 Å². The number of benzene rings is 1. The van der Waals surface area contributed by atoms with Crippen molar-refractivity contribution in [1.29, 1.82) is 0 Å². The summed E-state index contributed by atoms with van der Waals surface area (Å²) in [6, 6.07) is 4.90. The lowest BCUT2D eigenvalue weighted by Gasteiger charge is -2.15. The minimum Gasteiger partial charge on any atom is -0.480 e. The molecular formula is C11H12BrClN2O4. The van der Waals surface area contributed by atoms with Crippen LogP contribution in [0.2, 0.25) is 5.02 Å². The predicted molar refractivity (Wildman–Crippen MR) is 72.5 cm³/mol. The van der Waals surface area contributed by atoms with Gasteiger partial charge in [0.15, 0.2) is 12.7 Å². The summed E-state index contributed by atoms with van der Waals surface area (Å²) < 4.78 is 6.03. The topological polar surface area (TPSA) is 90.7 Å². The molecule has 0 heterocycles. The highest BCUT2D eigenvalue weighted by molar-refractivity contribution is 9.10. The lowest BCUT2D eigenvalue weighted by molar-refractivity contribution is -0.143. The molecule has 0 aliphatic heterocycles. The molecule has 0 fully saturated rings. The second-order valence-electron chi connectivity index (χ2n) is 3.56. The van der Waals surface area contributed by atoms with Crippen molar-refractivity contribution in [3.8, 4) is 5.75 Å². The highest BCUT2D eigenvalue weighted by Crippen LogP contribution is 2.28. The molecule has 6 nitrogen and oxygen atoms in total. The molecule has 0 bridgehead atoms. The fourth-order valence-corrected chi connectivity index (χ4v) is 1.85. The zero-order valence-corrected chi connectivity index (χ0v) is 12.3. The van der Waals surface area contributed by atoms with E-state index in [0.29, 0.717) is 15.2 Å². The second-order valence-corrected chi connectivity index (χ2v) is 4.85. The molecule has 2 amide bonds. The number of carbonyl (C=O) groups is 2. The molecule has 0 aromatic heterocycles. The van der Waals surface area contributed by atoms with E-state index < -0.39 is 24.5 Å². The van der Waals surface area contributed by atoms with Gasteiger partial charge in [0.25, 0.3) is 5.91 Å². The van der Waals surface area contributed by atoms with E-state index in [4.69, 9.17) is 22.1 Å². The first-order valence-corrected chi connectivity index (χ1v) is 6.39. The maximum absolute atomic E-state index is 11.6. The molecular weight excluding hydrogens is 339 g/mol. The van der Waals surface area contributed by atoms with Gasteiger partial charge in [-0.15, -0.1) is 0 Å². The van der Waals surface area contributed by atoms with Crippen LogP contribution in [0.3, 0.4) is 0 Å². The van der Waals surface area contributed by atoms with Crippen LogP contribution in [0.15, 0.2) is 22.7 Å². The van der Waals surface area contributed by atoms with E-state index in [2.05, 4.69) is 26.2 Å². The SMILES string of the molecule is CC(Oc1ccc(Cl)cc1Br)C(=O)NOCC(N)=O. The zero-order chi connectivity index (χ0) is 14.4. The van der Waals surface area contributed by atoms with E-state index in [9.17, 15) is 9.59 Å². The van der Waals surface area contributed by atoms with Crippen LogP contribution in [0.4, 0.5) is 0 Å². The average Bonchev–Trinajstić information content (AvgIpc) is 2.32. The Morgan fingerprint density at radius 1 is 1.53 bits per heavy atom. The van der Waals surface area contributed by atoms with Crippen LogP contribution in [0, 0.1) is 0 Å². The number of hydrogen-bond acceptors (Lipinski definition) is 4. The van der Waals surface area contributed by atoms with Crippen molar-refractivity contribution < 1.29 is 19.2 Å². The zero-order valence-electron chi connectivity index (χ0n) is 9.98. The van der Waals surface area contributed by atoms with E-state index in [1.165, 1.54) is 6.92 Å². The number of primary amides is 1. The largest absolute Gasteiger partial charge is 0.480 e. The van der Waals surface area contributed by atoms with Crippen LogP contribution in [-0.4, -0.2) is 24.5 Å². The molecule has 19 heavy (non-hydrogen) atoms. The van der Waals surface area contributed by atoms with Gasteiger partial charge in [0, 0.05) is 5.02 Å². The number of rotatable bonds is 6. The maximum Gasteiger partial charge on any atom is 0.284 e. The first-order chi connectivity index (χ1) is 8.90. The van der Waals surface area contributed by atoms with Gasteiger partial charge in [-0.3, -0.25) is 14.4 Å². The van der Waals surface area contributed by atoms with Crippen molar-refractivity contribution in [1.82, 2.24) is 5.48 Å². The first-order valence-electron chi connectivity index (χ1n) is 5.22. The Bertz CT molecular complexity index is 484. The Hall–Kier alpha value is -1.31. The molecule has 0 aliphatic rings. The molecule has 0 saturated carbocycles. The highest BCUT2D eigenvalue weighted by atomic mass is 79.9. The molecule has 0 saturated heterocycles. The molecule has 1 unspecified atom stereocenters. The van der Waals surface area contributed by atoms with Gasteiger partial charge in [0.2, 0.25) is 5.91 Å². The Balaban J connectivity index is 2.51. The van der Waals surface area contributed by atoms with Crippen molar-refractivity contribution in [3.63, 3.8) is 0 Å². The van der Waals surface area contributed by atoms with Crippen molar-refractivity contribution in [3.05, 3.63) is 27.7 Å². The minimum atomic E-state index is -0.814. The van der Waals surface area contributed by atoms with E-state index in [1.807, 2.05) is 0 Å². The molecule has 8 heteroatoms.